The van der Waals surface area contributed by atoms with Crippen LogP contribution >= 0.6 is 10.2 Å². The first-order chi connectivity index (χ1) is 21.8. The van der Waals surface area contributed by atoms with Crippen LogP contribution in [0.25, 0.3) is 0 Å². The van der Waals surface area contributed by atoms with E-state index in [1.165, 1.54) is 0 Å². The molecule has 0 aliphatic rings. The van der Waals surface area contributed by atoms with Crippen LogP contribution < -0.4 is 9.47 Å². The maximum atomic E-state index is 15.0. The van der Waals surface area contributed by atoms with Crippen molar-refractivity contribution in [3.63, 3.8) is 0 Å². The van der Waals surface area contributed by atoms with Gasteiger partial charge < -0.3 is 9.47 Å². The lowest BCUT2D eigenvalue weighted by Crippen LogP contribution is -2.59. The summed E-state index contributed by atoms with van der Waals surface area (Å²) in [4.78, 5) is 19.8. The van der Waals surface area contributed by atoms with Gasteiger partial charge in [0, 0.05) is 28.5 Å². The Morgan fingerprint density at radius 2 is 0.812 bits per heavy atom. The predicted molar refractivity (Wildman–Crippen MR) is 146 cm³/mol. The lowest BCUT2D eigenvalue weighted by Gasteiger charge is -2.48. The highest BCUT2D eigenvalue weighted by molar-refractivity contribution is 8.41. The molecule has 9 nitrogen and oxygen atoms in total. The predicted octanol–water partition coefficient (Wildman–Crippen LogP) is 7.01. The Morgan fingerprint density at radius 1 is 0.521 bits per heavy atom. The minimum Gasteiger partial charge on any atom is -0.427 e. The number of halogens is 10. The van der Waals surface area contributed by atoms with Crippen molar-refractivity contribution in [1.82, 2.24) is 3.12 Å². The third-order valence-corrected chi connectivity index (χ3v) is 15.4. The number of rotatable bonds is 10. The largest absolute Gasteiger partial charge is 0.471 e. The van der Waals surface area contributed by atoms with Crippen LogP contribution in [0.2, 0.25) is 0 Å². The third-order valence-electron chi connectivity index (χ3n) is 5.86. The molecule has 22 heteroatoms. The zero-order valence-electron chi connectivity index (χ0n) is 23.7. The molecule has 3 rings (SSSR count). The molecular weight excluding hydrogens is 740 g/mol. The van der Waals surface area contributed by atoms with E-state index in [9.17, 15) is 52.8 Å². The topological polar surface area (TPSA) is 124 Å². The zero-order chi connectivity index (χ0) is 36.7. The van der Waals surface area contributed by atoms with E-state index in [1.54, 1.807) is 0 Å². The molecule has 0 saturated heterocycles. The van der Waals surface area contributed by atoms with Gasteiger partial charge >= 0.3 is 54.8 Å². The summed E-state index contributed by atoms with van der Waals surface area (Å²) in [7, 11) is -21.9. The van der Waals surface area contributed by atoms with E-state index in [4.69, 9.17) is 9.47 Å². The SMILES string of the molecule is CC(=O)Oc1ccc(S(c2ccccc2)(c2ccc(OC(C)=O)cc2)N(S(=O)(=O)C(F)(F)C(F)(F)F)S(=O)(=O)C(F)(F)C(F)(F)F)cc1. The monoisotopic (exact) mass is 759 g/mol. The van der Waals surface area contributed by atoms with Gasteiger partial charge in [0.15, 0.2) is 0 Å². The Kier molecular flexibility index (Phi) is 10.3. The number of esters is 2. The van der Waals surface area contributed by atoms with Crippen LogP contribution in [-0.4, -0.2) is 54.8 Å². The van der Waals surface area contributed by atoms with Gasteiger partial charge in [0.1, 0.15) is 11.5 Å². The number of alkyl halides is 10. The molecule has 0 radical (unpaired) electrons. The van der Waals surface area contributed by atoms with Crippen molar-refractivity contribution >= 4 is 42.2 Å². The molecule has 0 bridgehead atoms. The summed E-state index contributed by atoms with van der Waals surface area (Å²) in [6, 6.07) is 9.31. The van der Waals surface area contributed by atoms with Crippen molar-refractivity contribution in [3.8, 4) is 11.5 Å². The fourth-order valence-electron chi connectivity index (χ4n) is 3.93. The number of sulfonamides is 2. The molecule has 0 amide bonds. The average molecular weight is 760 g/mol. The van der Waals surface area contributed by atoms with Gasteiger partial charge in [-0.2, -0.15) is 43.9 Å². The number of carbonyl (C=O) groups is 2. The first kappa shape index (κ1) is 38.6. The van der Waals surface area contributed by atoms with Gasteiger partial charge in [-0.25, -0.2) is 16.8 Å². The van der Waals surface area contributed by atoms with Gasteiger partial charge in [0.2, 0.25) is 0 Å². The molecule has 0 aromatic heterocycles. The van der Waals surface area contributed by atoms with Crippen molar-refractivity contribution < 1.29 is 79.8 Å². The van der Waals surface area contributed by atoms with Gasteiger partial charge in [-0.3, -0.25) is 9.59 Å². The summed E-state index contributed by atoms with van der Waals surface area (Å²) in [5, 5.41) is -14.6. The number of hydrogen-bond acceptors (Lipinski definition) is 8. The Balaban J connectivity index is 2.76. The van der Waals surface area contributed by atoms with Gasteiger partial charge in [0.25, 0.3) is 0 Å². The van der Waals surface area contributed by atoms with E-state index in [-0.39, 0.29) is 0 Å². The molecule has 0 spiro atoms. The van der Waals surface area contributed by atoms with Crippen LogP contribution in [0.1, 0.15) is 13.8 Å². The van der Waals surface area contributed by atoms with Crippen molar-refractivity contribution in [2.45, 2.75) is 51.4 Å². The molecule has 0 aliphatic heterocycles. The normalized spacial score (nSPS) is 14.0. The van der Waals surface area contributed by atoms with Crippen LogP contribution in [0.5, 0.6) is 11.5 Å². The Morgan fingerprint density at radius 3 is 1.08 bits per heavy atom. The lowest BCUT2D eigenvalue weighted by atomic mass is 10.3. The van der Waals surface area contributed by atoms with Crippen LogP contribution in [0.15, 0.2) is 93.5 Å². The molecule has 0 saturated carbocycles. The molecule has 0 atom stereocenters. The molecule has 3 aromatic rings. The number of ether oxygens (including phenoxy) is 2. The van der Waals surface area contributed by atoms with E-state index < -0.39 is 94.4 Å². The molecule has 0 unspecified atom stereocenters. The highest BCUT2D eigenvalue weighted by Crippen LogP contribution is 2.74. The minimum absolute atomic E-state index is 0.448. The fraction of sp³-hybridized carbons (Fsp3) is 0.231. The number of benzene rings is 3. The molecule has 0 aliphatic carbocycles. The van der Waals surface area contributed by atoms with Crippen molar-refractivity contribution in [2.75, 3.05) is 0 Å². The summed E-state index contributed by atoms with van der Waals surface area (Å²) in [5.41, 5.74) is 0. The zero-order valence-corrected chi connectivity index (χ0v) is 26.2. The number of nitrogens with zero attached hydrogens (tertiary/aromatic N) is 1. The van der Waals surface area contributed by atoms with E-state index >= 15 is 17.6 Å². The van der Waals surface area contributed by atoms with Gasteiger partial charge in [0.05, 0.1) is 0 Å². The first-order valence-corrected chi connectivity index (χ1v) is 16.9. The molecule has 0 N–H and O–H groups in total. The number of carbonyl (C=O) groups excluding carboxylic acids is 2. The lowest BCUT2D eigenvalue weighted by molar-refractivity contribution is -0.243. The summed E-state index contributed by atoms with van der Waals surface area (Å²) < 4.78 is 204. The van der Waals surface area contributed by atoms with Gasteiger partial charge in [-0.05, 0) is 63.8 Å². The van der Waals surface area contributed by atoms with E-state index in [1.807, 2.05) is 0 Å². The standard InChI is InChI=1S/C26H19F10NO8S3/c1-16(38)44-18-8-12-21(13-9-18)46(20-6-4-3-5-7-20,22-14-10-19(11-15-22)45-17(2)39)37(47(40,41)25(33,34)23(27,28)29)48(42,43)26(35,36)24(30,31)32/h3-15H,1-2H3. The van der Waals surface area contributed by atoms with E-state index in [2.05, 4.69) is 0 Å². The summed E-state index contributed by atoms with van der Waals surface area (Å²) in [5.74, 6) is -2.88. The highest BCUT2D eigenvalue weighted by Gasteiger charge is 2.78. The van der Waals surface area contributed by atoms with Crippen LogP contribution in [-0.2, 0) is 29.6 Å². The van der Waals surface area contributed by atoms with Crippen LogP contribution in [0.3, 0.4) is 0 Å². The smallest absolute Gasteiger partial charge is 0.427 e. The van der Waals surface area contributed by atoms with Gasteiger partial charge in [-0.15, -0.1) is 0 Å². The molecule has 0 heterocycles. The second kappa shape index (κ2) is 12.9. The quantitative estimate of drug-likeness (QED) is 0.123. The Labute approximate surface area is 266 Å². The Hall–Kier alpha value is -3.89. The molecule has 0 fully saturated rings. The van der Waals surface area contributed by atoms with E-state index in [0.717, 1.165) is 32.0 Å². The minimum atomic E-state index is -8.25. The van der Waals surface area contributed by atoms with E-state index in [0.29, 0.717) is 60.7 Å². The number of hydrogen-bond donors (Lipinski definition) is 0. The second-order valence-corrected chi connectivity index (χ2v) is 16.5. The summed E-state index contributed by atoms with van der Waals surface area (Å²) >= 11 is 0. The first-order valence-electron chi connectivity index (χ1n) is 12.4. The Bertz CT molecular complexity index is 1770. The third kappa shape index (κ3) is 6.57. The molecule has 3 aromatic carbocycles. The van der Waals surface area contributed by atoms with Gasteiger partial charge in [-0.1, -0.05) is 28.4 Å². The molecule has 264 valence electrons. The molecular formula is C26H19F10NO8S3. The highest BCUT2D eigenvalue weighted by atomic mass is 32.4. The van der Waals surface area contributed by atoms with Crippen molar-refractivity contribution in [1.29, 1.82) is 0 Å². The maximum Gasteiger partial charge on any atom is 0.471 e. The fourth-order valence-corrected chi connectivity index (χ4v) is 13.9. The van der Waals surface area contributed by atoms with Crippen molar-refractivity contribution in [3.05, 3.63) is 78.9 Å². The average Bonchev–Trinajstić information content (AvgIpc) is 2.95. The van der Waals surface area contributed by atoms with Crippen LogP contribution in [0.4, 0.5) is 43.9 Å². The molecule has 48 heavy (non-hydrogen) atoms. The maximum absolute atomic E-state index is 15.0. The van der Waals surface area contributed by atoms with Crippen molar-refractivity contribution in [2.24, 2.45) is 0 Å². The van der Waals surface area contributed by atoms with Crippen LogP contribution in [0, 0.1) is 0 Å². The second-order valence-electron chi connectivity index (χ2n) is 9.23. The summed E-state index contributed by atoms with van der Waals surface area (Å²) in [6.07, 6.45) is -14.6. The summed E-state index contributed by atoms with van der Waals surface area (Å²) in [6.45, 7) is 1.77.